The smallest absolute Gasteiger partial charge is 0.351 e. The van der Waals surface area contributed by atoms with Crippen LogP contribution in [0.2, 0.25) is 0 Å². The van der Waals surface area contributed by atoms with Gasteiger partial charge in [-0.3, -0.25) is 19.2 Å². The second-order valence-electron chi connectivity index (χ2n) is 12.9. The number of likely N-dealkylation sites (tertiary alicyclic amines) is 1. The maximum atomic E-state index is 13.5. The van der Waals surface area contributed by atoms with Gasteiger partial charge in [0.15, 0.2) is 0 Å². The molecular weight excluding hydrogens is 491 g/mol. The molecule has 9 nitrogen and oxygen atoms in total. The van der Waals surface area contributed by atoms with Crippen LogP contribution in [0.15, 0.2) is 0 Å². The van der Waals surface area contributed by atoms with Gasteiger partial charge >= 0.3 is 12.1 Å². The van der Waals surface area contributed by atoms with Crippen LogP contribution in [0.3, 0.4) is 0 Å². The number of nitriles is 1. The van der Waals surface area contributed by atoms with Gasteiger partial charge in [0, 0.05) is 18.0 Å². The molecule has 0 spiro atoms. The van der Waals surface area contributed by atoms with Crippen LogP contribution in [0.5, 0.6) is 0 Å². The Bertz CT molecular complexity index is 1030. The van der Waals surface area contributed by atoms with Gasteiger partial charge in [-0.25, -0.2) is 0 Å². The zero-order valence-electron chi connectivity index (χ0n) is 22.2. The molecule has 3 fully saturated rings. The van der Waals surface area contributed by atoms with Gasteiger partial charge in [-0.1, -0.05) is 34.6 Å². The molecule has 3 aliphatic rings. The standard InChI is InChI=1S/C25H36F3N5O4/c1-22(2,3)17(31-21(37)25(26,27)28)20(36)33-11-14-15(24(14,6)7)16(33)19(35)30-13(10-29)8-12-9-23(4,5)32-18(12)34/h12-17H,8-9,11H2,1-7H3,(H,30,35)(H,31,37)(H,32,34)/t12-,13+,14+,15+,16+,17-/m1/s1. The molecule has 3 rings (SSSR count). The highest BCUT2D eigenvalue weighted by Crippen LogP contribution is 2.65. The van der Waals surface area contributed by atoms with Gasteiger partial charge in [0.2, 0.25) is 17.7 Å². The largest absolute Gasteiger partial charge is 0.471 e. The molecule has 0 aromatic heterocycles. The summed E-state index contributed by atoms with van der Waals surface area (Å²) in [6.07, 6.45) is -4.57. The molecule has 4 amide bonds. The van der Waals surface area contributed by atoms with E-state index in [0.717, 1.165) is 0 Å². The first-order chi connectivity index (χ1) is 16.7. The number of carbonyl (C=O) groups excluding carboxylic acids is 4. The Morgan fingerprint density at radius 2 is 1.76 bits per heavy atom. The second-order valence-corrected chi connectivity index (χ2v) is 12.9. The normalized spacial score (nSPS) is 29.4. The Morgan fingerprint density at radius 1 is 1.16 bits per heavy atom. The fraction of sp³-hybridized carbons (Fsp3) is 0.800. The van der Waals surface area contributed by atoms with Crippen molar-refractivity contribution >= 4 is 23.6 Å². The number of fused-ring (bicyclic) bond motifs is 1. The van der Waals surface area contributed by atoms with Crippen LogP contribution >= 0.6 is 0 Å². The number of carbonyl (C=O) groups is 4. The highest BCUT2D eigenvalue weighted by atomic mass is 19.4. The second kappa shape index (κ2) is 9.17. The molecule has 1 aliphatic carbocycles. The highest BCUT2D eigenvalue weighted by Gasteiger charge is 2.70. The van der Waals surface area contributed by atoms with Gasteiger partial charge in [-0.05, 0) is 49.4 Å². The fourth-order valence-electron chi connectivity index (χ4n) is 5.91. The van der Waals surface area contributed by atoms with E-state index in [4.69, 9.17) is 0 Å². The number of rotatable bonds is 6. The molecule has 0 radical (unpaired) electrons. The molecule has 3 N–H and O–H groups in total. The molecule has 0 unspecified atom stereocenters. The van der Waals surface area contributed by atoms with Crippen molar-refractivity contribution in [3.05, 3.63) is 0 Å². The topological polar surface area (TPSA) is 131 Å². The number of nitrogens with one attached hydrogen (secondary N) is 3. The number of hydrogen-bond donors (Lipinski definition) is 3. The van der Waals surface area contributed by atoms with Gasteiger partial charge in [0.1, 0.15) is 18.1 Å². The lowest BCUT2D eigenvalue weighted by Gasteiger charge is -2.37. The van der Waals surface area contributed by atoms with Crippen molar-refractivity contribution in [2.24, 2.45) is 28.6 Å². The summed E-state index contributed by atoms with van der Waals surface area (Å²) in [6.45, 7) is 12.4. The molecule has 37 heavy (non-hydrogen) atoms. The molecule has 2 saturated heterocycles. The first-order valence-electron chi connectivity index (χ1n) is 12.4. The van der Waals surface area contributed by atoms with E-state index in [9.17, 15) is 37.6 Å². The van der Waals surface area contributed by atoms with E-state index in [0.29, 0.717) is 6.42 Å². The summed E-state index contributed by atoms with van der Waals surface area (Å²) in [6, 6.07) is -1.50. The average molecular weight is 528 g/mol. The molecule has 0 aromatic rings. The van der Waals surface area contributed by atoms with Crippen LogP contribution in [-0.4, -0.2) is 64.9 Å². The lowest BCUT2D eigenvalue weighted by atomic mass is 9.85. The van der Waals surface area contributed by atoms with Crippen molar-refractivity contribution in [3.63, 3.8) is 0 Å². The number of amides is 4. The molecule has 206 valence electrons. The minimum Gasteiger partial charge on any atom is -0.351 e. The molecule has 0 aromatic carbocycles. The summed E-state index contributed by atoms with van der Waals surface area (Å²) < 4.78 is 38.9. The summed E-state index contributed by atoms with van der Waals surface area (Å²) in [5.74, 6) is -4.56. The van der Waals surface area contributed by atoms with E-state index in [1.165, 1.54) is 25.7 Å². The average Bonchev–Trinajstić information content (AvgIpc) is 3.04. The van der Waals surface area contributed by atoms with E-state index in [1.54, 1.807) is 0 Å². The minimum absolute atomic E-state index is 0.0481. The lowest BCUT2D eigenvalue weighted by Crippen LogP contribution is -2.61. The third kappa shape index (κ3) is 5.70. The summed E-state index contributed by atoms with van der Waals surface area (Å²) in [5.41, 5.74) is -1.77. The summed E-state index contributed by atoms with van der Waals surface area (Å²) in [4.78, 5) is 52.2. The molecule has 0 bridgehead atoms. The van der Waals surface area contributed by atoms with E-state index in [2.05, 4.69) is 10.6 Å². The van der Waals surface area contributed by atoms with E-state index >= 15 is 0 Å². The van der Waals surface area contributed by atoms with Crippen LogP contribution < -0.4 is 16.0 Å². The van der Waals surface area contributed by atoms with E-state index in [1.807, 2.05) is 39.1 Å². The van der Waals surface area contributed by atoms with Crippen molar-refractivity contribution in [2.45, 2.75) is 91.1 Å². The fourth-order valence-corrected chi connectivity index (χ4v) is 5.91. The van der Waals surface area contributed by atoms with Gasteiger partial charge < -0.3 is 20.9 Å². The maximum absolute atomic E-state index is 13.5. The number of alkyl halides is 3. The zero-order chi connectivity index (χ0) is 28.3. The number of halogens is 3. The number of hydrogen-bond acceptors (Lipinski definition) is 5. The summed E-state index contributed by atoms with van der Waals surface area (Å²) >= 11 is 0. The highest BCUT2D eigenvalue weighted by molar-refractivity contribution is 5.95. The van der Waals surface area contributed by atoms with Gasteiger partial charge in [0.05, 0.1) is 6.07 Å². The van der Waals surface area contributed by atoms with Crippen LogP contribution in [0.4, 0.5) is 13.2 Å². The van der Waals surface area contributed by atoms with Gasteiger partial charge in [-0.2, -0.15) is 18.4 Å². The molecular formula is C25H36F3N5O4. The predicted octanol–water partition coefficient (Wildman–Crippen LogP) is 1.88. The van der Waals surface area contributed by atoms with Crippen LogP contribution in [0, 0.1) is 39.9 Å². The third-order valence-electron chi connectivity index (χ3n) is 7.99. The van der Waals surface area contributed by atoms with Crippen molar-refractivity contribution in [2.75, 3.05) is 6.54 Å². The van der Waals surface area contributed by atoms with Crippen LogP contribution in [0.1, 0.15) is 61.3 Å². The van der Waals surface area contributed by atoms with E-state index in [-0.39, 0.29) is 36.1 Å². The van der Waals surface area contributed by atoms with Crippen molar-refractivity contribution in [1.82, 2.24) is 20.9 Å². The Hall–Kier alpha value is -2.84. The number of piperidine rings is 1. The molecule has 12 heteroatoms. The maximum Gasteiger partial charge on any atom is 0.471 e. The lowest BCUT2D eigenvalue weighted by molar-refractivity contribution is -0.176. The Labute approximate surface area is 214 Å². The third-order valence-corrected chi connectivity index (χ3v) is 7.99. The molecule has 2 heterocycles. The molecule has 2 aliphatic heterocycles. The minimum atomic E-state index is -5.17. The van der Waals surface area contributed by atoms with Crippen molar-refractivity contribution < 1.29 is 32.3 Å². The zero-order valence-corrected chi connectivity index (χ0v) is 22.2. The first-order valence-corrected chi connectivity index (χ1v) is 12.4. The Morgan fingerprint density at radius 3 is 2.22 bits per heavy atom. The SMILES string of the molecule is CC1(C)C[C@@H](C[C@@H](C#N)NC(=O)[C@@H]2[C@@H]3[C@H](CN2C(=O)[C@@H](NC(=O)C(F)(F)F)C(C)(C)C)C3(C)C)C(=O)N1. The monoisotopic (exact) mass is 527 g/mol. The summed E-state index contributed by atoms with van der Waals surface area (Å²) in [7, 11) is 0. The quantitative estimate of drug-likeness (QED) is 0.485. The Balaban J connectivity index is 1.80. The molecule has 1 saturated carbocycles. The van der Waals surface area contributed by atoms with Gasteiger partial charge in [-0.15, -0.1) is 0 Å². The van der Waals surface area contributed by atoms with Crippen molar-refractivity contribution in [1.29, 1.82) is 5.26 Å². The van der Waals surface area contributed by atoms with E-state index < -0.39 is 58.9 Å². The summed E-state index contributed by atoms with van der Waals surface area (Å²) in [5, 5.41) is 17.0. The van der Waals surface area contributed by atoms with Crippen molar-refractivity contribution in [3.8, 4) is 6.07 Å². The van der Waals surface area contributed by atoms with Crippen LogP contribution in [0.25, 0.3) is 0 Å². The Kier molecular flexibility index (Phi) is 7.12. The number of nitrogens with zero attached hydrogens (tertiary/aromatic N) is 2. The predicted molar refractivity (Wildman–Crippen MR) is 126 cm³/mol. The first kappa shape index (κ1) is 28.7. The molecule has 6 atom stereocenters. The van der Waals surface area contributed by atoms with Crippen LogP contribution in [-0.2, 0) is 19.2 Å². The van der Waals surface area contributed by atoms with Gasteiger partial charge in [0.25, 0.3) is 0 Å².